The molecule has 3 rings (SSSR count). The summed E-state index contributed by atoms with van der Waals surface area (Å²) in [4.78, 5) is 28.4. The van der Waals surface area contributed by atoms with Crippen molar-refractivity contribution >= 4 is 23.2 Å². The topological polar surface area (TPSA) is 78.7 Å². The first-order valence-corrected chi connectivity index (χ1v) is 8.44. The molecule has 136 valence electrons. The van der Waals surface area contributed by atoms with E-state index in [1.165, 1.54) is 24.3 Å². The Hall–Kier alpha value is -2.93. The number of nitrogens with zero attached hydrogens (tertiary/aromatic N) is 2. The minimum atomic E-state index is -0.345. The standard InChI is InChI=1S/C19H21FN4O2/c20-14-5-7-15(8-6-14)22-18(25)13-23-9-11-24(12-10-23)19(26)16-3-1-2-4-17(16)21/h1-8H,9-13,21H2,(H,22,25). The van der Waals surface area contributed by atoms with Crippen molar-refractivity contribution in [3.63, 3.8) is 0 Å². The second kappa shape index (κ2) is 7.97. The maximum atomic E-state index is 12.9. The number of amides is 2. The number of para-hydroxylation sites is 1. The highest BCUT2D eigenvalue weighted by Crippen LogP contribution is 2.15. The molecule has 3 N–H and O–H groups in total. The smallest absolute Gasteiger partial charge is 0.256 e. The number of benzene rings is 2. The molecule has 2 amide bonds. The third-order valence-electron chi connectivity index (χ3n) is 4.35. The molecule has 0 unspecified atom stereocenters. The van der Waals surface area contributed by atoms with Crippen LogP contribution in [0.5, 0.6) is 0 Å². The van der Waals surface area contributed by atoms with Gasteiger partial charge in [-0.25, -0.2) is 4.39 Å². The first kappa shape index (κ1) is 17.9. The Balaban J connectivity index is 1.49. The number of anilines is 2. The highest BCUT2D eigenvalue weighted by atomic mass is 19.1. The molecule has 7 heteroatoms. The highest BCUT2D eigenvalue weighted by molar-refractivity contribution is 5.99. The third kappa shape index (κ3) is 4.37. The van der Waals surface area contributed by atoms with Crippen molar-refractivity contribution in [2.75, 3.05) is 43.8 Å². The number of carbonyl (C=O) groups is 2. The number of nitrogen functional groups attached to an aromatic ring is 1. The molecule has 0 bridgehead atoms. The van der Waals surface area contributed by atoms with Crippen molar-refractivity contribution in [1.82, 2.24) is 9.80 Å². The summed E-state index contributed by atoms with van der Waals surface area (Å²) in [7, 11) is 0. The number of nitrogens with two attached hydrogens (primary N) is 1. The first-order chi connectivity index (χ1) is 12.5. The fourth-order valence-corrected chi connectivity index (χ4v) is 2.91. The summed E-state index contributed by atoms with van der Waals surface area (Å²) in [6, 6.07) is 12.7. The van der Waals surface area contributed by atoms with Gasteiger partial charge in [-0.1, -0.05) is 12.1 Å². The van der Waals surface area contributed by atoms with E-state index in [0.717, 1.165) is 0 Å². The van der Waals surface area contributed by atoms with Crippen molar-refractivity contribution < 1.29 is 14.0 Å². The van der Waals surface area contributed by atoms with Crippen LogP contribution in [0.1, 0.15) is 10.4 Å². The molecular formula is C19H21FN4O2. The third-order valence-corrected chi connectivity index (χ3v) is 4.35. The van der Waals surface area contributed by atoms with Gasteiger partial charge >= 0.3 is 0 Å². The first-order valence-electron chi connectivity index (χ1n) is 8.44. The second-order valence-electron chi connectivity index (χ2n) is 6.21. The van der Waals surface area contributed by atoms with Gasteiger partial charge in [0, 0.05) is 37.6 Å². The van der Waals surface area contributed by atoms with E-state index in [1.54, 1.807) is 29.2 Å². The molecular weight excluding hydrogens is 335 g/mol. The van der Waals surface area contributed by atoms with Crippen LogP contribution in [0, 0.1) is 5.82 Å². The van der Waals surface area contributed by atoms with Crippen molar-refractivity contribution in [3.05, 3.63) is 59.9 Å². The van der Waals surface area contributed by atoms with E-state index in [2.05, 4.69) is 5.32 Å². The summed E-state index contributed by atoms with van der Waals surface area (Å²) in [6.45, 7) is 2.52. The van der Waals surface area contributed by atoms with Crippen molar-refractivity contribution in [2.24, 2.45) is 0 Å². The second-order valence-corrected chi connectivity index (χ2v) is 6.21. The number of piperazine rings is 1. The normalized spacial score (nSPS) is 14.9. The van der Waals surface area contributed by atoms with Gasteiger partial charge in [0.25, 0.3) is 5.91 Å². The zero-order valence-corrected chi connectivity index (χ0v) is 14.3. The van der Waals surface area contributed by atoms with Crippen LogP contribution in [0.15, 0.2) is 48.5 Å². The predicted octanol–water partition coefficient (Wildman–Crippen LogP) is 1.80. The van der Waals surface area contributed by atoms with Crippen LogP contribution in [0.4, 0.5) is 15.8 Å². The van der Waals surface area contributed by atoms with Crippen LogP contribution in [0.2, 0.25) is 0 Å². The summed E-state index contributed by atoms with van der Waals surface area (Å²) in [5.74, 6) is -0.593. The number of nitrogens with one attached hydrogen (secondary N) is 1. The lowest BCUT2D eigenvalue weighted by Gasteiger charge is -2.34. The van der Waals surface area contributed by atoms with Gasteiger partial charge in [-0.2, -0.15) is 0 Å². The molecule has 0 aromatic heterocycles. The molecule has 0 radical (unpaired) electrons. The van der Waals surface area contributed by atoms with Gasteiger partial charge in [-0.15, -0.1) is 0 Å². The lowest BCUT2D eigenvalue weighted by atomic mass is 10.1. The van der Waals surface area contributed by atoms with Gasteiger partial charge in [0.2, 0.25) is 5.91 Å². The summed E-state index contributed by atoms with van der Waals surface area (Å²) >= 11 is 0. The van der Waals surface area contributed by atoms with Gasteiger partial charge < -0.3 is 16.0 Å². The number of hydrogen-bond acceptors (Lipinski definition) is 4. The van der Waals surface area contributed by atoms with E-state index in [9.17, 15) is 14.0 Å². The molecule has 1 aliphatic rings. The molecule has 2 aromatic carbocycles. The Kier molecular flexibility index (Phi) is 5.48. The Morgan fingerprint density at radius 3 is 2.31 bits per heavy atom. The zero-order chi connectivity index (χ0) is 18.5. The number of rotatable bonds is 4. The number of carbonyl (C=O) groups excluding carboxylic acids is 2. The molecule has 1 aliphatic heterocycles. The highest BCUT2D eigenvalue weighted by Gasteiger charge is 2.24. The van der Waals surface area contributed by atoms with Crippen molar-refractivity contribution in [1.29, 1.82) is 0 Å². The molecule has 6 nitrogen and oxygen atoms in total. The van der Waals surface area contributed by atoms with Crippen LogP contribution in [0.3, 0.4) is 0 Å². The van der Waals surface area contributed by atoms with E-state index in [1.807, 2.05) is 4.90 Å². The zero-order valence-electron chi connectivity index (χ0n) is 14.3. The van der Waals surface area contributed by atoms with Crippen LogP contribution in [0.25, 0.3) is 0 Å². The van der Waals surface area contributed by atoms with Crippen molar-refractivity contribution in [3.8, 4) is 0 Å². The average Bonchev–Trinajstić information content (AvgIpc) is 2.64. The molecule has 0 aliphatic carbocycles. The summed E-state index contributed by atoms with van der Waals surface area (Å²) < 4.78 is 12.9. The van der Waals surface area contributed by atoms with Crippen LogP contribution in [-0.4, -0.2) is 54.3 Å². The quantitative estimate of drug-likeness (QED) is 0.819. The minimum absolute atomic E-state index is 0.0847. The van der Waals surface area contributed by atoms with Gasteiger partial charge in [-0.05, 0) is 36.4 Å². The van der Waals surface area contributed by atoms with E-state index in [4.69, 9.17) is 5.73 Å². The predicted molar refractivity (Wildman–Crippen MR) is 98.2 cm³/mol. The van der Waals surface area contributed by atoms with Crippen LogP contribution in [-0.2, 0) is 4.79 Å². The molecule has 0 saturated carbocycles. The van der Waals surface area contributed by atoms with E-state index in [0.29, 0.717) is 43.1 Å². The molecule has 26 heavy (non-hydrogen) atoms. The molecule has 0 spiro atoms. The number of halogens is 1. The molecule has 1 fully saturated rings. The maximum absolute atomic E-state index is 12.9. The van der Waals surface area contributed by atoms with Crippen LogP contribution >= 0.6 is 0 Å². The van der Waals surface area contributed by atoms with Gasteiger partial charge in [0.05, 0.1) is 12.1 Å². The maximum Gasteiger partial charge on any atom is 0.256 e. The Labute approximate surface area is 151 Å². The summed E-state index contributed by atoms with van der Waals surface area (Å²) in [6.07, 6.45) is 0. The van der Waals surface area contributed by atoms with E-state index >= 15 is 0 Å². The minimum Gasteiger partial charge on any atom is -0.398 e. The van der Waals surface area contributed by atoms with Crippen molar-refractivity contribution in [2.45, 2.75) is 0 Å². The summed E-state index contributed by atoms with van der Waals surface area (Å²) in [5.41, 5.74) is 7.41. The monoisotopic (exact) mass is 356 g/mol. The molecule has 0 atom stereocenters. The van der Waals surface area contributed by atoms with E-state index < -0.39 is 0 Å². The summed E-state index contributed by atoms with van der Waals surface area (Å²) in [5, 5.41) is 2.74. The molecule has 1 heterocycles. The average molecular weight is 356 g/mol. The Morgan fingerprint density at radius 1 is 1.00 bits per heavy atom. The lowest BCUT2D eigenvalue weighted by molar-refractivity contribution is -0.117. The van der Waals surface area contributed by atoms with E-state index in [-0.39, 0.29) is 24.2 Å². The SMILES string of the molecule is Nc1ccccc1C(=O)N1CCN(CC(=O)Nc2ccc(F)cc2)CC1. The van der Waals surface area contributed by atoms with Crippen LogP contribution < -0.4 is 11.1 Å². The van der Waals surface area contributed by atoms with Gasteiger partial charge in [-0.3, -0.25) is 14.5 Å². The Morgan fingerprint density at radius 2 is 1.65 bits per heavy atom. The lowest BCUT2D eigenvalue weighted by Crippen LogP contribution is -2.50. The molecule has 2 aromatic rings. The van der Waals surface area contributed by atoms with Gasteiger partial charge in [0.15, 0.2) is 0 Å². The van der Waals surface area contributed by atoms with Gasteiger partial charge in [0.1, 0.15) is 5.82 Å². The Bertz CT molecular complexity index is 786. The largest absolute Gasteiger partial charge is 0.398 e. The fraction of sp³-hybridized carbons (Fsp3) is 0.263. The number of hydrogen-bond donors (Lipinski definition) is 2. The fourth-order valence-electron chi connectivity index (χ4n) is 2.91. The molecule has 1 saturated heterocycles.